The van der Waals surface area contributed by atoms with Crippen LogP contribution in [0.4, 0.5) is 10.5 Å². The zero-order valence-electron chi connectivity index (χ0n) is 17.0. The minimum Gasteiger partial charge on any atom is -0.444 e. The number of rotatable bonds is 2. The van der Waals surface area contributed by atoms with Gasteiger partial charge >= 0.3 is 6.09 Å². The van der Waals surface area contributed by atoms with Gasteiger partial charge in [-0.05, 0) is 32.9 Å². The predicted octanol–water partition coefficient (Wildman–Crippen LogP) is 1.87. The van der Waals surface area contributed by atoms with E-state index >= 15 is 0 Å². The number of nitrogens with one attached hydrogen (secondary N) is 1. The molecule has 0 unspecified atom stereocenters. The fourth-order valence-electron chi connectivity index (χ4n) is 3.19. The Morgan fingerprint density at radius 3 is 2.52 bits per heavy atom. The summed E-state index contributed by atoms with van der Waals surface area (Å²) in [5, 5.41) is 6.60. The van der Waals surface area contributed by atoms with E-state index in [9.17, 15) is 14.4 Å². The highest BCUT2D eigenvalue weighted by atomic mass is 16.6. The van der Waals surface area contributed by atoms with Gasteiger partial charge in [0.15, 0.2) is 5.69 Å². The van der Waals surface area contributed by atoms with Crippen molar-refractivity contribution in [1.29, 1.82) is 0 Å². The highest BCUT2D eigenvalue weighted by Crippen LogP contribution is 2.24. The number of hydrogen-bond acceptors (Lipinski definition) is 6. The number of ether oxygens (including phenoxy) is 1. The Hall–Kier alpha value is -3.36. The third kappa shape index (κ3) is 4.39. The van der Waals surface area contributed by atoms with Gasteiger partial charge in [0.25, 0.3) is 11.8 Å². The Balaban J connectivity index is 1.80. The fraction of sp³-hybridized carbons (Fsp3) is 0.400. The van der Waals surface area contributed by atoms with Gasteiger partial charge in [-0.1, -0.05) is 12.1 Å². The SMILES string of the molecule is Cn1nc(C(=O)NC(=O)c2ccccc2N)c2c1CCN(C(=O)OC(C)(C)C)C2. The molecule has 0 atom stereocenters. The lowest BCUT2D eigenvalue weighted by Gasteiger charge is -2.30. The molecule has 0 spiro atoms. The van der Waals surface area contributed by atoms with E-state index in [1.807, 2.05) is 0 Å². The molecular weight excluding hydrogens is 374 g/mol. The Morgan fingerprint density at radius 1 is 1.17 bits per heavy atom. The number of aromatic nitrogens is 2. The van der Waals surface area contributed by atoms with Gasteiger partial charge in [-0.2, -0.15) is 5.10 Å². The lowest BCUT2D eigenvalue weighted by atomic mass is 10.0. The molecule has 1 aliphatic rings. The summed E-state index contributed by atoms with van der Waals surface area (Å²) in [5.41, 5.74) is 7.24. The quantitative estimate of drug-likeness (QED) is 0.588. The Bertz CT molecular complexity index is 974. The number of nitrogens with zero attached hydrogens (tertiary/aromatic N) is 3. The van der Waals surface area contributed by atoms with Crippen LogP contribution in [0.15, 0.2) is 24.3 Å². The van der Waals surface area contributed by atoms with Crippen LogP contribution in [0.3, 0.4) is 0 Å². The van der Waals surface area contributed by atoms with Crippen molar-refractivity contribution in [3.8, 4) is 0 Å². The van der Waals surface area contributed by atoms with Crippen LogP contribution in [0, 0.1) is 0 Å². The largest absolute Gasteiger partial charge is 0.444 e. The van der Waals surface area contributed by atoms with Crippen LogP contribution in [-0.4, -0.2) is 44.7 Å². The van der Waals surface area contributed by atoms with Crippen molar-refractivity contribution in [2.24, 2.45) is 7.05 Å². The molecule has 3 N–H and O–H groups in total. The molecule has 2 heterocycles. The molecule has 0 saturated carbocycles. The molecule has 0 aliphatic carbocycles. The van der Waals surface area contributed by atoms with E-state index < -0.39 is 23.5 Å². The van der Waals surface area contributed by atoms with Gasteiger partial charge < -0.3 is 15.4 Å². The Morgan fingerprint density at radius 2 is 1.86 bits per heavy atom. The number of nitrogen functional groups attached to an aromatic ring is 1. The number of imide groups is 1. The number of anilines is 1. The van der Waals surface area contributed by atoms with Crippen LogP contribution in [0.25, 0.3) is 0 Å². The summed E-state index contributed by atoms with van der Waals surface area (Å²) in [7, 11) is 1.73. The summed E-state index contributed by atoms with van der Waals surface area (Å²) in [4.78, 5) is 39.1. The van der Waals surface area contributed by atoms with Crippen LogP contribution in [-0.2, 0) is 24.8 Å². The fourth-order valence-corrected chi connectivity index (χ4v) is 3.19. The first-order chi connectivity index (χ1) is 13.6. The number of hydrogen-bond donors (Lipinski definition) is 2. The van der Waals surface area contributed by atoms with Crippen LogP contribution in [0.1, 0.15) is 52.9 Å². The van der Waals surface area contributed by atoms with E-state index in [4.69, 9.17) is 10.5 Å². The first-order valence-electron chi connectivity index (χ1n) is 9.29. The summed E-state index contributed by atoms with van der Waals surface area (Å²) in [6.45, 7) is 6.03. The van der Waals surface area contributed by atoms with E-state index in [1.165, 1.54) is 11.0 Å². The molecular formula is C20H25N5O4. The molecule has 3 rings (SSSR count). The molecule has 9 nitrogen and oxygen atoms in total. The summed E-state index contributed by atoms with van der Waals surface area (Å²) in [6, 6.07) is 6.49. The van der Waals surface area contributed by atoms with Crippen LogP contribution in [0.2, 0.25) is 0 Å². The van der Waals surface area contributed by atoms with Gasteiger partial charge in [-0.3, -0.25) is 19.6 Å². The van der Waals surface area contributed by atoms with Crippen molar-refractivity contribution in [1.82, 2.24) is 20.0 Å². The lowest BCUT2D eigenvalue weighted by Crippen LogP contribution is -2.40. The monoisotopic (exact) mass is 399 g/mol. The zero-order chi connectivity index (χ0) is 21.3. The molecule has 29 heavy (non-hydrogen) atoms. The molecule has 9 heteroatoms. The average molecular weight is 399 g/mol. The molecule has 3 amide bonds. The summed E-state index contributed by atoms with van der Waals surface area (Å²) in [5.74, 6) is -1.24. The highest BCUT2D eigenvalue weighted by molar-refractivity contribution is 6.12. The van der Waals surface area contributed by atoms with Crippen molar-refractivity contribution in [2.75, 3.05) is 12.3 Å². The van der Waals surface area contributed by atoms with Crippen molar-refractivity contribution < 1.29 is 19.1 Å². The number of benzene rings is 1. The molecule has 1 aliphatic heterocycles. The van der Waals surface area contributed by atoms with Crippen molar-refractivity contribution in [3.05, 3.63) is 46.8 Å². The molecule has 0 saturated heterocycles. The number of carbonyl (C=O) groups is 3. The maximum absolute atomic E-state index is 12.7. The van der Waals surface area contributed by atoms with Crippen LogP contribution in [0.5, 0.6) is 0 Å². The Labute approximate surface area is 168 Å². The maximum Gasteiger partial charge on any atom is 0.410 e. The third-order valence-electron chi connectivity index (χ3n) is 4.54. The van der Waals surface area contributed by atoms with Gasteiger partial charge in [-0.15, -0.1) is 0 Å². The second kappa shape index (κ2) is 7.57. The van der Waals surface area contributed by atoms with E-state index in [-0.39, 0.29) is 23.5 Å². The van der Waals surface area contributed by atoms with E-state index in [1.54, 1.807) is 50.7 Å². The van der Waals surface area contributed by atoms with Gasteiger partial charge in [-0.25, -0.2) is 4.79 Å². The van der Waals surface area contributed by atoms with E-state index in [0.717, 1.165) is 5.69 Å². The number of fused-ring (bicyclic) bond motifs is 1. The van der Waals surface area contributed by atoms with Crippen molar-refractivity contribution >= 4 is 23.6 Å². The minimum atomic E-state index is -0.638. The van der Waals surface area contributed by atoms with Gasteiger partial charge in [0.05, 0.1) is 12.1 Å². The first-order valence-corrected chi connectivity index (χ1v) is 9.29. The Kier molecular flexibility index (Phi) is 5.32. The third-order valence-corrected chi connectivity index (χ3v) is 4.54. The number of para-hydroxylation sites is 1. The average Bonchev–Trinajstić information content (AvgIpc) is 2.97. The topological polar surface area (TPSA) is 120 Å². The van der Waals surface area contributed by atoms with Gasteiger partial charge in [0.2, 0.25) is 0 Å². The molecule has 154 valence electrons. The minimum absolute atomic E-state index is 0.110. The molecule has 0 bridgehead atoms. The van der Waals surface area contributed by atoms with Gasteiger partial charge in [0, 0.05) is 37.0 Å². The van der Waals surface area contributed by atoms with Crippen molar-refractivity contribution in [3.63, 3.8) is 0 Å². The summed E-state index contributed by atoms with van der Waals surface area (Å²) < 4.78 is 7.04. The standard InChI is InChI=1S/C20H25N5O4/c1-20(2,3)29-19(28)25-10-9-15-13(11-25)16(23-24(15)4)18(27)22-17(26)12-7-5-6-8-14(12)21/h5-8H,9-11,21H2,1-4H3,(H,22,26,27). The normalized spacial score (nSPS) is 13.6. The van der Waals surface area contributed by atoms with E-state index in [0.29, 0.717) is 18.5 Å². The van der Waals surface area contributed by atoms with Crippen LogP contribution >= 0.6 is 0 Å². The predicted molar refractivity (Wildman–Crippen MR) is 106 cm³/mol. The molecule has 1 aromatic heterocycles. The number of amides is 3. The maximum atomic E-state index is 12.7. The second-order valence-corrected chi connectivity index (χ2v) is 7.92. The van der Waals surface area contributed by atoms with Gasteiger partial charge in [0.1, 0.15) is 5.60 Å². The highest BCUT2D eigenvalue weighted by Gasteiger charge is 2.32. The molecule has 0 fully saturated rings. The van der Waals surface area contributed by atoms with E-state index in [2.05, 4.69) is 10.4 Å². The number of aryl methyl sites for hydroxylation is 1. The first kappa shape index (κ1) is 20.4. The molecule has 2 aromatic rings. The summed E-state index contributed by atoms with van der Waals surface area (Å²) in [6.07, 6.45) is 0.0804. The number of carbonyl (C=O) groups excluding carboxylic acids is 3. The van der Waals surface area contributed by atoms with Crippen molar-refractivity contribution in [2.45, 2.75) is 39.3 Å². The van der Waals surface area contributed by atoms with Crippen LogP contribution < -0.4 is 11.1 Å². The molecule has 0 radical (unpaired) electrons. The summed E-state index contributed by atoms with van der Waals surface area (Å²) >= 11 is 0. The lowest BCUT2D eigenvalue weighted by molar-refractivity contribution is 0.0221. The second-order valence-electron chi connectivity index (χ2n) is 7.92. The number of nitrogens with two attached hydrogens (primary N) is 1. The smallest absolute Gasteiger partial charge is 0.410 e. The molecule has 1 aromatic carbocycles. The zero-order valence-corrected chi connectivity index (χ0v) is 17.0.